The van der Waals surface area contributed by atoms with Gasteiger partial charge in [-0.3, -0.25) is 4.57 Å². The second-order valence-corrected chi connectivity index (χ2v) is 9.27. The van der Waals surface area contributed by atoms with E-state index >= 15 is 0 Å². The number of benzene rings is 3. The number of thioether (sulfide) groups is 1. The van der Waals surface area contributed by atoms with Gasteiger partial charge in [0.15, 0.2) is 5.16 Å². The minimum atomic E-state index is 0.316. The van der Waals surface area contributed by atoms with Gasteiger partial charge in [0.2, 0.25) is 0 Å². The predicted molar refractivity (Wildman–Crippen MR) is 127 cm³/mol. The van der Waals surface area contributed by atoms with Crippen molar-refractivity contribution in [1.82, 2.24) is 14.8 Å². The molecule has 3 aromatic carbocycles. The molecule has 0 saturated carbocycles. The fourth-order valence-electron chi connectivity index (χ4n) is 4.37. The summed E-state index contributed by atoms with van der Waals surface area (Å²) in [6.45, 7) is 5.17. The van der Waals surface area contributed by atoms with Gasteiger partial charge in [0, 0.05) is 18.8 Å². The van der Waals surface area contributed by atoms with Crippen LogP contribution in [-0.2, 0) is 11.2 Å². The van der Waals surface area contributed by atoms with E-state index in [1.165, 1.54) is 27.5 Å². The molecular weight excluding hydrogens is 402 g/mol. The maximum atomic E-state index is 5.83. The Bertz CT molecular complexity index is 1210. The molecule has 1 aliphatic rings. The van der Waals surface area contributed by atoms with E-state index in [1.807, 2.05) is 0 Å². The first kappa shape index (κ1) is 20.3. The fourth-order valence-corrected chi connectivity index (χ4v) is 5.40. The van der Waals surface area contributed by atoms with E-state index in [1.54, 1.807) is 11.8 Å². The molecule has 4 aromatic rings. The Labute approximate surface area is 187 Å². The molecule has 158 valence electrons. The lowest BCUT2D eigenvalue weighted by molar-refractivity contribution is 0.129. The van der Waals surface area contributed by atoms with Crippen LogP contribution in [0.2, 0.25) is 0 Å². The van der Waals surface area contributed by atoms with Crippen LogP contribution in [0.15, 0.2) is 65.8 Å². The van der Waals surface area contributed by atoms with Crippen molar-refractivity contribution in [3.63, 3.8) is 0 Å². The molecule has 0 spiro atoms. The van der Waals surface area contributed by atoms with E-state index in [0.717, 1.165) is 48.3 Å². The molecule has 1 fully saturated rings. The normalized spacial score (nSPS) is 16.3. The number of hydrogen-bond acceptors (Lipinski definition) is 4. The number of hydrogen-bond donors (Lipinski definition) is 0. The molecule has 0 unspecified atom stereocenters. The Morgan fingerprint density at radius 3 is 2.74 bits per heavy atom. The SMILES string of the molecule is Cc1ccc(-n2c(Cc3cccc4ccccc34)nnc2SC[C@@H]2CCCO2)c(C)c1. The van der Waals surface area contributed by atoms with E-state index in [-0.39, 0.29) is 0 Å². The Kier molecular flexibility index (Phi) is 5.79. The van der Waals surface area contributed by atoms with Crippen molar-refractivity contribution < 1.29 is 4.74 Å². The maximum absolute atomic E-state index is 5.83. The number of nitrogens with zero attached hydrogens (tertiary/aromatic N) is 3. The van der Waals surface area contributed by atoms with Crippen molar-refractivity contribution in [2.75, 3.05) is 12.4 Å². The van der Waals surface area contributed by atoms with Gasteiger partial charge in [0.25, 0.3) is 0 Å². The Morgan fingerprint density at radius 1 is 1.03 bits per heavy atom. The van der Waals surface area contributed by atoms with Crippen molar-refractivity contribution in [2.24, 2.45) is 0 Å². The molecular formula is C26H27N3OS. The summed E-state index contributed by atoms with van der Waals surface area (Å²) in [5.74, 6) is 1.88. The van der Waals surface area contributed by atoms with Crippen LogP contribution in [0.25, 0.3) is 16.5 Å². The van der Waals surface area contributed by atoms with Crippen molar-refractivity contribution in [3.8, 4) is 5.69 Å². The highest BCUT2D eigenvalue weighted by Crippen LogP contribution is 2.29. The van der Waals surface area contributed by atoms with Crippen LogP contribution in [-0.4, -0.2) is 33.2 Å². The average molecular weight is 430 g/mol. The van der Waals surface area contributed by atoms with Gasteiger partial charge in [-0.15, -0.1) is 10.2 Å². The number of aryl methyl sites for hydroxylation is 2. The summed E-state index contributed by atoms with van der Waals surface area (Å²) in [6.07, 6.45) is 3.34. The highest BCUT2D eigenvalue weighted by atomic mass is 32.2. The molecule has 0 bridgehead atoms. The van der Waals surface area contributed by atoms with Gasteiger partial charge in [0.1, 0.15) is 5.82 Å². The topological polar surface area (TPSA) is 39.9 Å². The zero-order valence-corrected chi connectivity index (χ0v) is 18.9. The zero-order chi connectivity index (χ0) is 21.2. The minimum Gasteiger partial charge on any atom is -0.377 e. The molecule has 1 saturated heterocycles. The summed E-state index contributed by atoms with van der Waals surface area (Å²) in [4.78, 5) is 0. The molecule has 5 heteroatoms. The summed E-state index contributed by atoms with van der Waals surface area (Å²) < 4.78 is 8.08. The van der Waals surface area contributed by atoms with Gasteiger partial charge < -0.3 is 4.74 Å². The highest BCUT2D eigenvalue weighted by molar-refractivity contribution is 7.99. The van der Waals surface area contributed by atoms with Crippen LogP contribution in [0.4, 0.5) is 0 Å². The first-order valence-corrected chi connectivity index (χ1v) is 11.9. The molecule has 0 aliphatic carbocycles. The van der Waals surface area contributed by atoms with Crippen LogP contribution in [0, 0.1) is 13.8 Å². The van der Waals surface area contributed by atoms with Crippen LogP contribution >= 0.6 is 11.8 Å². The Balaban J connectivity index is 1.54. The third kappa shape index (κ3) is 4.25. The lowest BCUT2D eigenvalue weighted by atomic mass is 10.0. The number of aromatic nitrogens is 3. The lowest BCUT2D eigenvalue weighted by Crippen LogP contribution is -2.10. The maximum Gasteiger partial charge on any atom is 0.195 e. The predicted octanol–water partition coefficient (Wildman–Crippen LogP) is 5.90. The summed E-state index contributed by atoms with van der Waals surface area (Å²) in [7, 11) is 0. The fraction of sp³-hybridized carbons (Fsp3) is 0.308. The second kappa shape index (κ2) is 8.85. The van der Waals surface area contributed by atoms with Crippen molar-refractivity contribution >= 4 is 22.5 Å². The van der Waals surface area contributed by atoms with Gasteiger partial charge >= 0.3 is 0 Å². The van der Waals surface area contributed by atoms with Crippen LogP contribution in [0.1, 0.15) is 35.4 Å². The smallest absolute Gasteiger partial charge is 0.195 e. The Morgan fingerprint density at radius 2 is 1.90 bits per heavy atom. The zero-order valence-electron chi connectivity index (χ0n) is 18.0. The molecule has 31 heavy (non-hydrogen) atoms. The molecule has 0 N–H and O–H groups in total. The largest absolute Gasteiger partial charge is 0.377 e. The average Bonchev–Trinajstić information content (AvgIpc) is 3.43. The van der Waals surface area contributed by atoms with E-state index in [2.05, 4.69) is 89.3 Å². The monoisotopic (exact) mass is 429 g/mol. The number of fused-ring (bicyclic) bond motifs is 1. The summed E-state index contributed by atoms with van der Waals surface area (Å²) in [6, 6.07) is 21.6. The minimum absolute atomic E-state index is 0.316. The summed E-state index contributed by atoms with van der Waals surface area (Å²) in [5, 5.41) is 12.7. The molecule has 1 aromatic heterocycles. The summed E-state index contributed by atoms with van der Waals surface area (Å²) >= 11 is 1.75. The summed E-state index contributed by atoms with van der Waals surface area (Å²) in [5.41, 5.74) is 4.92. The van der Waals surface area contributed by atoms with Crippen LogP contribution < -0.4 is 0 Å². The third-order valence-corrected chi connectivity index (χ3v) is 7.01. The van der Waals surface area contributed by atoms with Crippen molar-refractivity contribution in [3.05, 3.63) is 83.2 Å². The van der Waals surface area contributed by atoms with Gasteiger partial charge in [-0.1, -0.05) is 71.9 Å². The molecule has 0 amide bonds. The van der Waals surface area contributed by atoms with E-state index < -0.39 is 0 Å². The van der Waals surface area contributed by atoms with Crippen LogP contribution in [0.3, 0.4) is 0 Å². The van der Waals surface area contributed by atoms with E-state index in [9.17, 15) is 0 Å². The molecule has 2 heterocycles. The van der Waals surface area contributed by atoms with Crippen molar-refractivity contribution in [2.45, 2.75) is 44.4 Å². The molecule has 0 radical (unpaired) electrons. The number of rotatable bonds is 6. The molecule has 4 nitrogen and oxygen atoms in total. The highest BCUT2D eigenvalue weighted by Gasteiger charge is 2.21. The van der Waals surface area contributed by atoms with Gasteiger partial charge in [0.05, 0.1) is 11.8 Å². The van der Waals surface area contributed by atoms with Crippen LogP contribution in [0.5, 0.6) is 0 Å². The first-order valence-electron chi connectivity index (χ1n) is 10.9. The van der Waals surface area contributed by atoms with Gasteiger partial charge in [-0.2, -0.15) is 0 Å². The molecule has 5 rings (SSSR count). The molecule has 1 atom stereocenters. The van der Waals surface area contributed by atoms with Crippen molar-refractivity contribution in [1.29, 1.82) is 0 Å². The Hall–Kier alpha value is -2.63. The second-order valence-electron chi connectivity index (χ2n) is 8.29. The van der Waals surface area contributed by atoms with E-state index in [0.29, 0.717) is 6.10 Å². The first-order chi connectivity index (χ1) is 15.2. The van der Waals surface area contributed by atoms with Gasteiger partial charge in [-0.25, -0.2) is 0 Å². The van der Waals surface area contributed by atoms with E-state index in [4.69, 9.17) is 4.74 Å². The third-order valence-electron chi connectivity index (χ3n) is 5.94. The molecule has 1 aliphatic heterocycles. The standard InChI is InChI=1S/C26H27N3OS/c1-18-12-13-24(19(2)15-18)29-25(27-28-26(29)31-17-22-10-6-14-30-22)16-21-9-5-8-20-7-3-4-11-23(20)21/h3-5,7-9,11-13,15,22H,6,10,14,16-17H2,1-2H3/t22-/m0/s1. The quantitative estimate of drug-likeness (QED) is 0.358. The number of ether oxygens (including phenoxy) is 1. The van der Waals surface area contributed by atoms with Gasteiger partial charge in [-0.05, 0) is 54.7 Å². The lowest BCUT2D eigenvalue weighted by Gasteiger charge is -2.15.